The highest BCUT2D eigenvalue weighted by atomic mass is 16.6. The Morgan fingerprint density at radius 2 is 1.36 bits per heavy atom. The Bertz CT molecular complexity index is 1250. The Morgan fingerprint density at radius 3 is 1.84 bits per heavy atom. The van der Waals surface area contributed by atoms with E-state index < -0.39 is 53.3 Å². The summed E-state index contributed by atoms with van der Waals surface area (Å²) < 4.78 is 11.3. The van der Waals surface area contributed by atoms with Crippen LogP contribution >= 0.6 is 0 Å². The Labute approximate surface area is 260 Å². The molecule has 0 bridgehead atoms. The van der Waals surface area contributed by atoms with Crippen LogP contribution in [0.1, 0.15) is 78.9 Å². The van der Waals surface area contributed by atoms with Gasteiger partial charge in [0.05, 0.1) is 0 Å². The normalized spacial score (nSPS) is 14.5. The Kier molecular flexibility index (Phi) is 12.8. The van der Waals surface area contributed by atoms with Crippen LogP contribution < -0.4 is 32.4 Å². The average Bonchev–Trinajstić information content (AvgIpc) is 2.91. The first-order valence-electron chi connectivity index (χ1n) is 14.8. The SMILES string of the molecule is CC(C)C[C@H](NC(=O)[C@@H](OC(N)=O)C(c1ccccc1)C(C)(C)C)C(=O)N[C@@H](Cc1ccc(OC(C)(C)C)cc1)C(=O)NN. The summed E-state index contributed by atoms with van der Waals surface area (Å²) in [5, 5.41) is 5.51. The van der Waals surface area contributed by atoms with Crippen molar-refractivity contribution in [2.45, 2.75) is 97.9 Å². The summed E-state index contributed by atoms with van der Waals surface area (Å²) in [6.45, 7) is 15.4. The van der Waals surface area contributed by atoms with Crippen molar-refractivity contribution in [2.75, 3.05) is 0 Å². The number of primary amides is 1. The molecule has 0 saturated heterocycles. The fourth-order valence-electron chi connectivity index (χ4n) is 5.01. The van der Waals surface area contributed by atoms with E-state index in [2.05, 4.69) is 16.1 Å². The molecule has 44 heavy (non-hydrogen) atoms. The van der Waals surface area contributed by atoms with E-state index in [0.29, 0.717) is 5.75 Å². The quantitative estimate of drug-likeness (QED) is 0.130. The Balaban J connectivity index is 2.33. The molecule has 1 unspecified atom stereocenters. The van der Waals surface area contributed by atoms with Crippen LogP contribution in [-0.4, -0.2) is 47.6 Å². The molecule has 2 aromatic carbocycles. The number of carbonyl (C=O) groups is 4. The third-order valence-corrected chi connectivity index (χ3v) is 6.80. The largest absolute Gasteiger partial charge is 0.488 e. The molecule has 0 radical (unpaired) electrons. The molecule has 11 heteroatoms. The van der Waals surface area contributed by atoms with E-state index in [1.165, 1.54) is 0 Å². The standard InChI is InChI=1S/C33H49N5O6/c1-20(2)18-24(37-30(41)27(43-31(34)42)26(32(3,4)5)22-12-10-9-11-13-22)28(39)36-25(29(40)38-35)19-21-14-16-23(17-15-21)44-33(6,7)8/h9-17,20,24-27H,18-19,35H2,1-8H3,(H2,34,42)(H,36,39)(H,37,41)(H,38,40)/t24-,25-,26?,27-/m0/s1. The van der Waals surface area contributed by atoms with Gasteiger partial charge in [0.15, 0.2) is 6.10 Å². The van der Waals surface area contributed by atoms with E-state index >= 15 is 0 Å². The van der Waals surface area contributed by atoms with Gasteiger partial charge in [-0.1, -0.05) is 77.1 Å². The minimum atomic E-state index is -1.32. The molecule has 2 aromatic rings. The van der Waals surface area contributed by atoms with E-state index in [9.17, 15) is 19.2 Å². The number of nitrogens with one attached hydrogen (secondary N) is 3. The van der Waals surface area contributed by atoms with Gasteiger partial charge in [-0.05, 0) is 61.8 Å². The zero-order chi connectivity index (χ0) is 33.2. The summed E-state index contributed by atoms with van der Waals surface area (Å²) >= 11 is 0. The molecular weight excluding hydrogens is 562 g/mol. The molecule has 0 aliphatic heterocycles. The average molecular weight is 612 g/mol. The number of carbonyl (C=O) groups excluding carboxylic acids is 4. The molecule has 0 aliphatic carbocycles. The maximum Gasteiger partial charge on any atom is 0.405 e. The Morgan fingerprint density at radius 1 is 0.795 bits per heavy atom. The minimum Gasteiger partial charge on any atom is -0.488 e. The van der Waals surface area contributed by atoms with Crippen molar-refractivity contribution >= 4 is 23.8 Å². The lowest BCUT2D eigenvalue weighted by atomic mass is 9.73. The van der Waals surface area contributed by atoms with Gasteiger partial charge in [-0.2, -0.15) is 0 Å². The van der Waals surface area contributed by atoms with Gasteiger partial charge in [-0.15, -0.1) is 0 Å². The first-order valence-corrected chi connectivity index (χ1v) is 14.8. The van der Waals surface area contributed by atoms with Gasteiger partial charge >= 0.3 is 6.09 Å². The molecule has 0 aliphatic rings. The van der Waals surface area contributed by atoms with Crippen molar-refractivity contribution in [3.8, 4) is 5.75 Å². The van der Waals surface area contributed by atoms with Gasteiger partial charge in [0.2, 0.25) is 5.91 Å². The molecule has 0 spiro atoms. The zero-order valence-electron chi connectivity index (χ0n) is 27.1. The van der Waals surface area contributed by atoms with Gasteiger partial charge in [0.25, 0.3) is 11.8 Å². The van der Waals surface area contributed by atoms with Crippen LogP contribution in [0.15, 0.2) is 54.6 Å². The van der Waals surface area contributed by atoms with E-state index in [0.717, 1.165) is 11.1 Å². The topological polar surface area (TPSA) is 175 Å². The Hall–Kier alpha value is -4.12. The second kappa shape index (κ2) is 15.6. The van der Waals surface area contributed by atoms with E-state index in [1.807, 2.05) is 85.7 Å². The molecule has 7 N–H and O–H groups in total. The number of hydrogen-bond donors (Lipinski definition) is 5. The highest BCUT2D eigenvalue weighted by Gasteiger charge is 2.41. The first kappa shape index (κ1) is 36.1. The van der Waals surface area contributed by atoms with Crippen molar-refractivity contribution in [3.63, 3.8) is 0 Å². The monoisotopic (exact) mass is 611 g/mol. The smallest absolute Gasteiger partial charge is 0.405 e. The zero-order valence-corrected chi connectivity index (χ0v) is 27.1. The maximum absolute atomic E-state index is 13.8. The lowest BCUT2D eigenvalue weighted by Gasteiger charge is -2.36. The van der Waals surface area contributed by atoms with Crippen LogP contribution in [0.3, 0.4) is 0 Å². The van der Waals surface area contributed by atoms with Gasteiger partial charge in [0.1, 0.15) is 23.4 Å². The predicted molar refractivity (Wildman–Crippen MR) is 169 cm³/mol. The predicted octanol–water partition coefficient (Wildman–Crippen LogP) is 3.71. The molecule has 11 nitrogen and oxygen atoms in total. The van der Waals surface area contributed by atoms with E-state index in [-0.39, 0.29) is 24.4 Å². The summed E-state index contributed by atoms with van der Waals surface area (Å²) in [4.78, 5) is 52.1. The number of benzene rings is 2. The van der Waals surface area contributed by atoms with Crippen molar-refractivity contribution in [1.29, 1.82) is 0 Å². The summed E-state index contributed by atoms with van der Waals surface area (Å²) in [5.41, 5.74) is 8.13. The van der Waals surface area contributed by atoms with Gasteiger partial charge in [0, 0.05) is 12.3 Å². The van der Waals surface area contributed by atoms with Crippen LogP contribution in [0.25, 0.3) is 0 Å². The van der Waals surface area contributed by atoms with Crippen molar-refractivity contribution in [2.24, 2.45) is 22.9 Å². The molecule has 0 aromatic heterocycles. The fourth-order valence-corrected chi connectivity index (χ4v) is 5.01. The maximum atomic E-state index is 13.8. The second-order valence-electron chi connectivity index (χ2n) is 13.4. The van der Waals surface area contributed by atoms with Crippen LogP contribution in [0.5, 0.6) is 5.75 Å². The third-order valence-electron chi connectivity index (χ3n) is 6.80. The molecule has 2 rings (SSSR count). The van der Waals surface area contributed by atoms with E-state index in [1.54, 1.807) is 24.3 Å². The molecular formula is C33H49N5O6. The number of rotatable bonds is 13. The van der Waals surface area contributed by atoms with Crippen molar-refractivity contribution in [3.05, 3.63) is 65.7 Å². The van der Waals surface area contributed by atoms with Crippen LogP contribution in [0.2, 0.25) is 0 Å². The highest BCUT2D eigenvalue weighted by Crippen LogP contribution is 2.39. The number of amides is 4. The minimum absolute atomic E-state index is 0.00811. The molecule has 0 fully saturated rings. The van der Waals surface area contributed by atoms with E-state index in [4.69, 9.17) is 21.1 Å². The number of ether oxygens (including phenoxy) is 2. The fraction of sp³-hybridized carbons (Fsp3) is 0.515. The molecule has 0 heterocycles. The number of hydrazine groups is 1. The van der Waals surface area contributed by atoms with Crippen LogP contribution in [0.4, 0.5) is 4.79 Å². The summed E-state index contributed by atoms with van der Waals surface area (Å²) in [6.07, 6.45) is -2.05. The number of nitrogens with two attached hydrogens (primary N) is 2. The lowest BCUT2D eigenvalue weighted by Crippen LogP contribution is -2.57. The van der Waals surface area contributed by atoms with Crippen LogP contribution in [-0.2, 0) is 25.5 Å². The molecule has 4 amide bonds. The van der Waals surface area contributed by atoms with Gasteiger partial charge in [-0.3, -0.25) is 19.8 Å². The summed E-state index contributed by atoms with van der Waals surface area (Å²) in [7, 11) is 0. The van der Waals surface area contributed by atoms with Crippen molar-refractivity contribution < 1.29 is 28.7 Å². The van der Waals surface area contributed by atoms with Crippen molar-refractivity contribution in [1.82, 2.24) is 16.1 Å². The second-order valence-corrected chi connectivity index (χ2v) is 13.4. The summed E-state index contributed by atoms with van der Waals surface area (Å²) in [6, 6.07) is 14.3. The summed E-state index contributed by atoms with van der Waals surface area (Å²) in [5.74, 6) is 3.66. The third kappa shape index (κ3) is 11.5. The molecule has 242 valence electrons. The molecule has 4 atom stereocenters. The van der Waals surface area contributed by atoms with Gasteiger partial charge in [-0.25, -0.2) is 10.6 Å². The van der Waals surface area contributed by atoms with Gasteiger partial charge < -0.3 is 25.8 Å². The van der Waals surface area contributed by atoms with Crippen LogP contribution in [0, 0.1) is 11.3 Å². The first-order chi connectivity index (χ1) is 20.4. The lowest BCUT2D eigenvalue weighted by molar-refractivity contribution is -0.137. The highest BCUT2D eigenvalue weighted by molar-refractivity contribution is 5.93. The molecule has 0 saturated carbocycles. The number of hydrogen-bond acceptors (Lipinski definition) is 7.